The lowest BCUT2D eigenvalue weighted by Gasteiger charge is -2.14. The van der Waals surface area contributed by atoms with Crippen molar-refractivity contribution in [3.05, 3.63) is 47.3 Å². The quantitative estimate of drug-likeness (QED) is 0.800. The Morgan fingerprint density at radius 3 is 2.95 bits per heavy atom. The van der Waals surface area contributed by atoms with E-state index in [1.165, 1.54) is 0 Å². The van der Waals surface area contributed by atoms with Gasteiger partial charge in [-0.15, -0.1) is 0 Å². The average Bonchev–Trinajstić information content (AvgIpc) is 2.86. The fourth-order valence-corrected chi connectivity index (χ4v) is 2.21. The van der Waals surface area contributed by atoms with Crippen LogP contribution in [0.4, 0.5) is 0 Å². The first-order chi connectivity index (χ1) is 10.5. The monoisotopic (exact) mass is 303 g/mol. The Kier molecular flexibility index (Phi) is 5.16. The predicted octanol–water partition coefficient (Wildman–Crippen LogP) is 2.15. The number of carbonyl (C=O) groups excluding carboxylic acids is 1. The molecule has 1 atom stereocenters. The van der Waals surface area contributed by atoms with E-state index in [1.54, 1.807) is 43.0 Å². The number of benzene rings is 1. The normalized spacial score (nSPS) is 12.1. The van der Waals surface area contributed by atoms with E-state index in [-0.39, 0.29) is 11.8 Å². The Hall–Kier alpha value is -2.34. The van der Waals surface area contributed by atoms with Crippen molar-refractivity contribution in [3.63, 3.8) is 0 Å². The summed E-state index contributed by atoms with van der Waals surface area (Å²) < 4.78 is 6.61. The summed E-state index contributed by atoms with van der Waals surface area (Å²) in [4.78, 5) is 11.9. The lowest BCUT2D eigenvalue weighted by Crippen LogP contribution is -2.19. The van der Waals surface area contributed by atoms with Gasteiger partial charge in [0.2, 0.25) is 0 Å². The summed E-state index contributed by atoms with van der Waals surface area (Å²) in [5.74, 6) is -0.176. The van der Waals surface area contributed by atoms with Crippen molar-refractivity contribution in [2.45, 2.75) is 26.4 Å². The number of aryl methyl sites for hydroxylation is 1. The Morgan fingerprint density at radius 2 is 2.27 bits per heavy atom. The zero-order valence-electron chi connectivity index (χ0n) is 13.0. The van der Waals surface area contributed by atoms with Gasteiger partial charge in [-0.25, -0.2) is 4.79 Å². The first-order valence-electron chi connectivity index (χ1n) is 7.23. The molecule has 0 aliphatic heterocycles. The van der Waals surface area contributed by atoms with Crippen LogP contribution < -0.4 is 5.32 Å². The van der Waals surface area contributed by atoms with Gasteiger partial charge < -0.3 is 15.2 Å². The Bertz CT molecular complexity index is 652. The van der Waals surface area contributed by atoms with Crippen molar-refractivity contribution in [1.82, 2.24) is 15.1 Å². The number of aromatic hydroxyl groups is 1. The van der Waals surface area contributed by atoms with E-state index in [1.807, 2.05) is 13.0 Å². The molecule has 1 aromatic carbocycles. The molecule has 2 N–H and O–H groups in total. The molecule has 6 heteroatoms. The number of hydrogen-bond acceptors (Lipinski definition) is 5. The number of phenolic OH excluding ortho intramolecular Hbond substituents is 1. The number of esters is 1. The summed E-state index contributed by atoms with van der Waals surface area (Å²) >= 11 is 0. The van der Waals surface area contributed by atoms with Crippen molar-refractivity contribution in [3.8, 4) is 5.75 Å². The minimum Gasteiger partial charge on any atom is -0.508 e. The molecule has 0 saturated heterocycles. The lowest BCUT2D eigenvalue weighted by atomic mass is 10.1. The third-order valence-electron chi connectivity index (χ3n) is 3.34. The summed E-state index contributed by atoms with van der Waals surface area (Å²) in [5, 5.41) is 17.0. The second-order valence-electron chi connectivity index (χ2n) is 5.09. The molecule has 0 fully saturated rings. The Balaban J connectivity index is 2.06. The van der Waals surface area contributed by atoms with E-state index >= 15 is 0 Å². The van der Waals surface area contributed by atoms with Gasteiger partial charge in [-0.2, -0.15) is 5.10 Å². The number of aromatic nitrogens is 2. The highest BCUT2D eigenvalue weighted by Gasteiger charge is 2.17. The second kappa shape index (κ2) is 7.09. The Labute approximate surface area is 129 Å². The molecule has 0 saturated carbocycles. The van der Waals surface area contributed by atoms with Gasteiger partial charge >= 0.3 is 5.97 Å². The van der Waals surface area contributed by atoms with E-state index < -0.39 is 5.97 Å². The number of hydrogen-bond donors (Lipinski definition) is 2. The van der Waals surface area contributed by atoms with Crippen molar-refractivity contribution in [2.24, 2.45) is 7.05 Å². The molecule has 0 bridgehead atoms. The summed E-state index contributed by atoms with van der Waals surface area (Å²) in [5.41, 5.74) is 2.09. The number of ether oxygens (including phenoxy) is 1. The average molecular weight is 303 g/mol. The molecular weight excluding hydrogens is 282 g/mol. The maximum Gasteiger partial charge on any atom is 0.359 e. The van der Waals surface area contributed by atoms with Crippen LogP contribution in [0.15, 0.2) is 30.5 Å². The minimum absolute atomic E-state index is 0.0300. The molecule has 1 heterocycles. The van der Waals surface area contributed by atoms with Crippen molar-refractivity contribution in [2.75, 3.05) is 6.61 Å². The third kappa shape index (κ3) is 3.85. The van der Waals surface area contributed by atoms with Crippen molar-refractivity contribution < 1.29 is 14.6 Å². The van der Waals surface area contributed by atoms with E-state index in [0.717, 1.165) is 11.1 Å². The molecule has 0 radical (unpaired) electrons. The van der Waals surface area contributed by atoms with Crippen LogP contribution in [0.2, 0.25) is 0 Å². The van der Waals surface area contributed by atoms with Crippen molar-refractivity contribution >= 4 is 5.97 Å². The maximum atomic E-state index is 11.9. The first kappa shape index (κ1) is 16.0. The van der Waals surface area contributed by atoms with Gasteiger partial charge in [0.15, 0.2) is 5.69 Å². The first-order valence-corrected chi connectivity index (χ1v) is 7.23. The molecule has 0 aliphatic carbocycles. The number of nitrogens with one attached hydrogen (secondary N) is 1. The van der Waals surface area contributed by atoms with Crippen molar-refractivity contribution in [1.29, 1.82) is 0 Å². The van der Waals surface area contributed by atoms with Crippen LogP contribution in [0.5, 0.6) is 5.75 Å². The van der Waals surface area contributed by atoms with Crippen LogP contribution in [0.1, 0.15) is 41.5 Å². The van der Waals surface area contributed by atoms with Gasteiger partial charge in [0.1, 0.15) is 5.75 Å². The van der Waals surface area contributed by atoms with Gasteiger partial charge in [-0.05, 0) is 31.5 Å². The largest absolute Gasteiger partial charge is 0.508 e. The van der Waals surface area contributed by atoms with Gasteiger partial charge in [-0.1, -0.05) is 12.1 Å². The Morgan fingerprint density at radius 1 is 1.50 bits per heavy atom. The molecule has 1 aromatic heterocycles. The fourth-order valence-electron chi connectivity index (χ4n) is 2.21. The highest BCUT2D eigenvalue weighted by atomic mass is 16.5. The summed E-state index contributed by atoms with van der Waals surface area (Å²) in [6, 6.07) is 7.12. The SMILES string of the molecule is CCOC(=O)c1nn(C)cc1CN[C@H](C)c1cccc(O)c1. The highest BCUT2D eigenvalue weighted by molar-refractivity contribution is 5.88. The molecule has 0 unspecified atom stereocenters. The smallest absolute Gasteiger partial charge is 0.359 e. The van der Waals surface area contributed by atoms with Gasteiger partial charge in [0.25, 0.3) is 0 Å². The van der Waals surface area contributed by atoms with Gasteiger partial charge in [0.05, 0.1) is 6.61 Å². The van der Waals surface area contributed by atoms with Crippen LogP contribution in [0, 0.1) is 0 Å². The summed E-state index contributed by atoms with van der Waals surface area (Å²) in [6.45, 7) is 4.57. The van der Waals surface area contributed by atoms with Gasteiger partial charge in [0, 0.05) is 31.4 Å². The molecular formula is C16H21N3O3. The zero-order chi connectivity index (χ0) is 16.1. The zero-order valence-corrected chi connectivity index (χ0v) is 13.0. The van der Waals surface area contributed by atoms with Crippen LogP contribution in [0.3, 0.4) is 0 Å². The number of rotatable bonds is 6. The standard InChI is InChI=1S/C16H21N3O3/c1-4-22-16(21)15-13(10-19(3)18-15)9-17-11(2)12-6-5-7-14(20)8-12/h5-8,10-11,17,20H,4,9H2,1-3H3/t11-/m1/s1. The number of nitrogens with zero attached hydrogens (tertiary/aromatic N) is 2. The molecule has 118 valence electrons. The van der Waals surface area contributed by atoms with Crippen LogP contribution in [-0.4, -0.2) is 27.5 Å². The van der Waals surface area contributed by atoms with Crippen LogP contribution in [0.25, 0.3) is 0 Å². The van der Waals surface area contributed by atoms with Crippen LogP contribution >= 0.6 is 0 Å². The van der Waals surface area contributed by atoms with Crippen LogP contribution in [-0.2, 0) is 18.3 Å². The molecule has 6 nitrogen and oxygen atoms in total. The molecule has 2 aromatic rings. The number of phenols is 1. The molecule has 0 spiro atoms. The second-order valence-corrected chi connectivity index (χ2v) is 5.09. The molecule has 22 heavy (non-hydrogen) atoms. The highest BCUT2D eigenvalue weighted by Crippen LogP contribution is 2.18. The predicted molar refractivity (Wildman–Crippen MR) is 82.5 cm³/mol. The molecule has 2 rings (SSSR count). The molecule has 0 amide bonds. The van der Waals surface area contributed by atoms with E-state index in [4.69, 9.17) is 4.74 Å². The third-order valence-corrected chi connectivity index (χ3v) is 3.34. The number of carbonyl (C=O) groups is 1. The van der Waals surface area contributed by atoms with E-state index in [9.17, 15) is 9.90 Å². The fraction of sp³-hybridized carbons (Fsp3) is 0.375. The minimum atomic E-state index is -0.412. The summed E-state index contributed by atoms with van der Waals surface area (Å²) in [6.07, 6.45) is 1.80. The molecule has 0 aliphatic rings. The topological polar surface area (TPSA) is 76.4 Å². The summed E-state index contributed by atoms with van der Waals surface area (Å²) in [7, 11) is 1.77. The lowest BCUT2D eigenvalue weighted by molar-refractivity contribution is 0.0517. The maximum absolute atomic E-state index is 11.9. The van der Waals surface area contributed by atoms with E-state index in [2.05, 4.69) is 10.4 Å². The van der Waals surface area contributed by atoms with E-state index in [0.29, 0.717) is 18.8 Å². The van der Waals surface area contributed by atoms with Gasteiger partial charge in [-0.3, -0.25) is 4.68 Å².